The molecular weight excluding hydrogens is 362 g/mol. The topological polar surface area (TPSA) is 107 Å². The van der Waals surface area contributed by atoms with Gasteiger partial charge in [0.25, 0.3) is 0 Å². The summed E-state index contributed by atoms with van der Waals surface area (Å²) in [5, 5.41) is 26.7. The molecule has 2 rings (SSSR count). The second-order valence-corrected chi connectivity index (χ2v) is 7.26. The summed E-state index contributed by atoms with van der Waals surface area (Å²) in [6.07, 6.45) is 6.46. The number of carboxylic acids is 2. The zero-order valence-corrected chi connectivity index (χ0v) is 16.8. The highest BCUT2D eigenvalue weighted by Gasteiger charge is 2.38. The number of likely N-dealkylation sites (N-methyl/N-ethyl adjacent to an activating group) is 1. The summed E-state index contributed by atoms with van der Waals surface area (Å²) in [4.78, 5) is 21.3. The number of aliphatic carboxylic acids is 2. The maximum absolute atomic E-state index is 11.1. The number of ether oxygens (including phenoxy) is 1. The number of hydrogen-bond acceptors (Lipinski definition) is 5. The zero-order valence-electron chi connectivity index (χ0n) is 16.8. The van der Waals surface area contributed by atoms with E-state index in [9.17, 15) is 14.7 Å². The Labute approximate surface area is 166 Å². The molecule has 0 aliphatic heterocycles. The molecule has 0 amide bonds. The van der Waals surface area contributed by atoms with Crippen LogP contribution in [0.5, 0.6) is 5.75 Å². The van der Waals surface area contributed by atoms with Crippen molar-refractivity contribution in [3.8, 4) is 5.75 Å². The Balaban J connectivity index is 0.000000416. The van der Waals surface area contributed by atoms with E-state index in [2.05, 4.69) is 31.1 Å². The maximum atomic E-state index is 11.1. The van der Waals surface area contributed by atoms with Gasteiger partial charge in [-0.25, -0.2) is 9.59 Å². The van der Waals surface area contributed by atoms with Crippen LogP contribution >= 0.6 is 0 Å². The molecule has 0 radical (unpaired) electrons. The summed E-state index contributed by atoms with van der Waals surface area (Å²) in [5.41, 5.74) is 0.654. The minimum absolute atomic E-state index is 0.170. The summed E-state index contributed by atoms with van der Waals surface area (Å²) >= 11 is 0. The van der Waals surface area contributed by atoms with E-state index >= 15 is 0 Å². The molecule has 1 atom stereocenters. The first-order valence-corrected chi connectivity index (χ1v) is 9.33. The van der Waals surface area contributed by atoms with Gasteiger partial charge in [0, 0.05) is 24.6 Å². The largest absolute Gasteiger partial charge is 0.497 e. The predicted octanol–water partition coefficient (Wildman–Crippen LogP) is 2.75. The summed E-state index contributed by atoms with van der Waals surface area (Å²) < 4.78 is 5.23. The highest BCUT2D eigenvalue weighted by Crippen LogP contribution is 2.40. The van der Waals surface area contributed by atoms with E-state index in [4.69, 9.17) is 14.9 Å². The quantitative estimate of drug-likeness (QED) is 0.611. The number of nitrogens with zero attached hydrogens (tertiary/aromatic N) is 1. The van der Waals surface area contributed by atoms with Gasteiger partial charge in [-0.15, -0.1) is 0 Å². The molecule has 7 heteroatoms. The molecule has 0 heterocycles. The molecule has 1 aliphatic rings. The number of aliphatic hydroxyl groups is 1. The van der Waals surface area contributed by atoms with Crippen LogP contribution < -0.4 is 4.74 Å². The molecular formula is C21H31NO6. The average Bonchev–Trinajstić information content (AvgIpc) is 2.65. The molecule has 28 heavy (non-hydrogen) atoms. The van der Waals surface area contributed by atoms with E-state index in [0.717, 1.165) is 38.0 Å². The van der Waals surface area contributed by atoms with Crippen LogP contribution in [0.25, 0.3) is 0 Å². The van der Waals surface area contributed by atoms with Crippen molar-refractivity contribution in [1.29, 1.82) is 0 Å². The average molecular weight is 393 g/mol. The van der Waals surface area contributed by atoms with Gasteiger partial charge in [0.05, 0.1) is 12.7 Å². The van der Waals surface area contributed by atoms with Crippen molar-refractivity contribution in [2.45, 2.75) is 43.6 Å². The van der Waals surface area contributed by atoms with Gasteiger partial charge in [-0.1, -0.05) is 31.4 Å². The SMILES string of the molecule is COc1ccc(C(CN(C)C)C2(O)CCCCC2)cc1.O=C(O)/C=C\C(=O)O. The number of hydrogen-bond donors (Lipinski definition) is 3. The van der Waals surface area contributed by atoms with E-state index in [0.29, 0.717) is 12.2 Å². The number of carbonyl (C=O) groups is 2. The van der Waals surface area contributed by atoms with Crippen molar-refractivity contribution in [2.75, 3.05) is 27.7 Å². The first kappa shape index (κ1) is 23.7. The lowest BCUT2D eigenvalue weighted by Crippen LogP contribution is -2.42. The highest BCUT2D eigenvalue weighted by atomic mass is 16.5. The lowest BCUT2D eigenvalue weighted by atomic mass is 9.72. The molecule has 0 spiro atoms. The zero-order chi connectivity index (χ0) is 21.2. The first-order chi connectivity index (χ1) is 13.2. The molecule has 3 N–H and O–H groups in total. The fourth-order valence-electron chi connectivity index (χ4n) is 3.44. The number of benzene rings is 1. The fraction of sp³-hybridized carbons (Fsp3) is 0.524. The van der Waals surface area contributed by atoms with Crippen molar-refractivity contribution in [3.05, 3.63) is 42.0 Å². The monoisotopic (exact) mass is 393 g/mol. The highest BCUT2D eigenvalue weighted by molar-refractivity contribution is 5.89. The molecule has 1 unspecified atom stereocenters. The third-order valence-electron chi connectivity index (χ3n) is 4.80. The lowest BCUT2D eigenvalue weighted by molar-refractivity contribution is -0.134. The maximum Gasteiger partial charge on any atom is 0.328 e. The Morgan fingerprint density at radius 3 is 1.96 bits per heavy atom. The normalized spacial score (nSPS) is 16.9. The molecule has 0 saturated heterocycles. The summed E-state index contributed by atoms with van der Waals surface area (Å²) in [6.45, 7) is 0.878. The molecule has 0 aromatic heterocycles. The van der Waals surface area contributed by atoms with Gasteiger partial charge >= 0.3 is 11.9 Å². The van der Waals surface area contributed by atoms with Gasteiger partial charge in [0.1, 0.15) is 5.75 Å². The van der Waals surface area contributed by atoms with Crippen LogP contribution in [0.1, 0.15) is 43.6 Å². The fourth-order valence-corrected chi connectivity index (χ4v) is 3.44. The predicted molar refractivity (Wildman–Crippen MR) is 107 cm³/mol. The van der Waals surface area contributed by atoms with Crippen molar-refractivity contribution in [1.82, 2.24) is 4.90 Å². The smallest absolute Gasteiger partial charge is 0.328 e. The van der Waals surface area contributed by atoms with Gasteiger partial charge in [-0.05, 0) is 44.6 Å². The summed E-state index contributed by atoms with van der Waals surface area (Å²) in [5.74, 6) is -1.48. The van der Waals surface area contributed by atoms with Gasteiger partial charge in [-0.2, -0.15) is 0 Å². The Morgan fingerprint density at radius 1 is 1.07 bits per heavy atom. The Bertz CT molecular complexity index is 631. The van der Waals surface area contributed by atoms with Crippen LogP contribution in [0.3, 0.4) is 0 Å². The molecule has 7 nitrogen and oxygen atoms in total. The molecule has 0 bridgehead atoms. The third-order valence-corrected chi connectivity index (χ3v) is 4.80. The third kappa shape index (κ3) is 8.10. The van der Waals surface area contributed by atoms with E-state index in [1.165, 1.54) is 12.0 Å². The Hall–Kier alpha value is -2.38. The second kappa shape index (κ2) is 11.5. The molecule has 1 fully saturated rings. The molecule has 1 aromatic carbocycles. The summed E-state index contributed by atoms with van der Waals surface area (Å²) in [6, 6.07) is 8.17. The Kier molecular flexibility index (Phi) is 9.68. The molecule has 1 aromatic rings. The second-order valence-electron chi connectivity index (χ2n) is 7.26. The van der Waals surface area contributed by atoms with Gasteiger partial charge in [0.15, 0.2) is 0 Å². The van der Waals surface area contributed by atoms with Gasteiger partial charge < -0.3 is 25.0 Å². The minimum Gasteiger partial charge on any atom is -0.497 e. The van der Waals surface area contributed by atoms with Crippen LogP contribution in [-0.2, 0) is 9.59 Å². The van der Waals surface area contributed by atoms with E-state index in [-0.39, 0.29) is 5.92 Å². The van der Waals surface area contributed by atoms with E-state index in [1.807, 2.05) is 12.1 Å². The van der Waals surface area contributed by atoms with Gasteiger partial charge in [0.2, 0.25) is 0 Å². The van der Waals surface area contributed by atoms with E-state index < -0.39 is 17.5 Å². The molecule has 1 saturated carbocycles. The number of methoxy groups -OCH3 is 1. The molecule has 1 aliphatic carbocycles. The first-order valence-electron chi connectivity index (χ1n) is 9.33. The van der Waals surface area contributed by atoms with Crippen LogP contribution in [0.4, 0.5) is 0 Å². The standard InChI is InChI=1S/C17H27NO2.C4H4O4/c1-18(2)13-16(17(19)11-5-4-6-12-17)14-7-9-15(20-3)10-8-14;5-3(6)1-2-4(7)8/h7-10,16,19H,4-6,11-13H2,1-3H3;1-2H,(H,5,6)(H,7,8)/b;2-1-. The minimum atomic E-state index is -1.26. The van der Waals surface area contributed by atoms with Crippen LogP contribution in [-0.4, -0.2) is 65.5 Å². The lowest BCUT2D eigenvalue weighted by Gasteiger charge is -2.40. The number of rotatable bonds is 7. The number of carboxylic acid groups (broad SMARTS) is 2. The van der Waals surface area contributed by atoms with Crippen LogP contribution in [0.15, 0.2) is 36.4 Å². The van der Waals surface area contributed by atoms with Crippen molar-refractivity contribution >= 4 is 11.9 Å². The molecule has 156 valence electrons. The van der Waals surface area contributed by atoms with Crippen molar-refractivity contribution < 1.29 is 29.6 Å². The van der Waals surface area contributed by atoms with Crippen LogP contribution in [0, 0.1) is 0 Å². The Morgan fingerprint density at radius 2 is 1.57 bits per heavy atom. The van der Waals surface area contributed by atoms with Crippen LogP contribution in [0.2, 0.25) is 0 Å². The van der Waals surface area contributed by atoms with Gasteiger partial charge in [-0.3, -0.25) is 0 Å². The summed E-state index contributed by atoms with van der Waals surface area (Å²) in [7, 11) is 5.83. The van der Waals surface area contributed by atoms with Crippen molar-refractivity contribution in [3.63, 3.8) is 0 Å². The van der Waals surface area contributed by atoms with Crippen molar-refractivity contribution in [2.24, 2.45) is 0 Å². The van der Waals surface area contributed by atoms with E-state index in [1.54, 1.807) is 7.11 Å².